The van der Waals surface area contributed by atoms with Crippen LogP contribution in [-0.2, 0) is 14.1 Å². The predicted molar refractivity (Wildman–Crippen MR) is 141 cm³/mol. The lowest BCUT2D eigenvalue weighted by atomic mass is 9.93. The highest BCUT2D eigenvalue weighted by molar-refractivity contribution is 5.94. The van der Waals surface area contributed by atoms with Crippen molar-refractivity contribution in [3.8, 4) is 17.1 Å². The first kappa shape index (κ1) is 23.8. The minimum absolute atomic E-state index is 0.0100. The summed E-state index contributed by atoms with van der Waals surface area (Å²) in [6, 6.07) is 11.7. The van der Waals surface area contributed by atoms with Gasteiger partial charge in [0.1, 0.15) is 23.4 Å². The Bertz CT molecular complexity index is 1670. The molecular formula is C27H27FN8O2. The highest BCUT2D eigenvalue weighted by atomic mass is 19.1. The maximum Gasteiger partial charge on any atom is 0.266 e. The number of ether oxygens (including phenoxy) is 1. The fourth-order valence-corrected chi connectivity index (χ4v) is 4.96. The first-order valence-corrected chi connectivity index (χ1v) is 12.5. The summed E-state index contributed by atoms with van der Waals surface area (Å²) in [5.74, 6) is 0.651. The fraction of sp³-hybridized carbons (Fsp3) is 0.296. The number of pyridine rings is 1. The minimum atomic E-state index is -0.342. The van der Waals surface area contributed by atoms with Crippen molar-refractivity contribution < 1.29 is 9.13 Å². The quantitative estimate of drug-likeness (QED) is 0.359. The number of nitrogens with zero attached hydrogens (tertiary/aromatic N) is 7. The van der Waals surface area contributed by atoms with Gasteiger partial charge in [0.15, 0.2) is 0 Å². The summed E-state index contributed by atoms with van der Waals surface area (Å²) in [6.07, 6.45) is 8.89. The van der Waals surface area contributed by atoms with Crippen LogP contribution in [0.2, 0.25) is 0 Å². The van der Waals surface area contributed by atoms with Crippen molar-refractivity contribution in [1.29, 1.82) is 0 Å². The number of halogens is 1. The van der Waals surface area contributed by atoms with E-state index in [1.165, 1.54) is 16.8 Å². The SMILES string of the molecule is Cn1cc(-c2nn(C3CCC(Oc4ccc(=O)n(C)n4)CC3)c3cc(Nc4ccccc4F)ncc23)cn1. The van der Waals surface area contributed by atoms with E-state index in [1.807, 2.05) is 19.3 Å². The van der Waals surface area contributed by atoms with Crippen LogP contribution in [0.5, 0.6) is 5.88 Å². The third-order valence-corrected chi connectivity index (χ3v) is 6.92. The van der Waals surface area contributed by atoms with Gasteiger partial charge in [-0.25, -0.2) is 14.1 Å². The number of aryl methyl sites for hydroxylation is 2. The standard InChI is InChI=1S/C27H27FN8O2/c1-34-16-17(14-30-34)27-20-15-29-24(31-22-6-4-3-5-21(22)28)13-23(20)36(33-27)18-7-9-19(10-8-18)38-25-11-12-26(37)35(2)32-25/h3-6,11-16,18-19H,7-10H2,1-2H3,(H,29,31). The van der Waals surface area contributed by atoms with Crippen molar-refractivity contribution >= 4 is 22.4 Å². The molecule has 0 spiro atoms. The van der Waals surface area contributed by atoms with Gasteiger partial charge in [0.05, 0.1) is 23.4 Å². The average molecular weight is 515 g/mol. The number of anilines is 2. The largest absolute Gasteiger partial charge is 0.473 e. The van der Waals surface area contributed by atoms with E-state index in [4.69, 9.17) is 9.84 Å². The summed E-state index contributed by atoms with van der Waals surface area (Å²) < 4.78 is 25.4. The van der Waals surface area contributed by atoms with Gasteiger partial charge in [0, 0.05) is 55.6 Å². The van der Waals surface area contributed by atoms with Crippen LogP contribution < -0.4 is 15.6 Å². The second-order valence-corrected chi connectivity index (χ2v) is 9.57. The topological polar surface area (TPSA) is 105 Å². The molecule has 38 heavy (non-hydrogen) atoms. The summed E-state index contributed by atoms with van der Waals surface area (Å²) in [7, 11) is 3.48. The number of rotatable bonds is 6. The molecular weight excluding hydrogens is 487 g/mol. The molecule has 11 heteroatoms. The summed E-state index contributed by atoms with van der Waals surface area (Å²) in [5, 5.41) is 17.5. The Morgan fingerprint density at radius 1 is 1.03 bits per heavy atom. The average Bonchev–Trinajstić information content (AvgIpc) is 3.51. The molecule has 1 aliphatic rings. The summed E-state index contributed by atoms with van der Waals surface area (Å²) >= 11 is 0. The zero-order valence-corrected chi connectivity index (χ0v) is 21.1. The van der Waals surface area contributed by atoms with Gasteiger partial charge in [-0.05, 0) is 37.8 Å². The second kappa shape index (κ2) is 9.73. The zero-order valence-electron chi connectivity index (χ0n) is 21.1. The molecule has 0 unspecified atom stereocenters. The monoisotopic (exact) mass is 514 g/mol. The maximum atomic E-state index is 14.3. The van der Waals surface area contributed by atoms with Gasteiger partial charge in [-0.15, -0.1) is 5.10 Å². The molecule has 5 aromatic rings. The highest BCUT2D eigenvalue weighted by Gasteiger charge is 2.27. The van der Waals surface area contributed by atoms with Crippen LogP contribution in [0.3, 0.4) is 0 Å². The summed E-state index contributed by atoms with van der Waals surface area (Å²) in [5.41, 5.74) is 2.83. The lowest BCUT2D eigenvalue weighted by Gasteiger charge is -2.29. The minimum Gasteiger partial charge on any atom is -0.473 e. The van der Waals surface area contributed by atoms with Gasteiger partial charge in [-0.1, -0.05) is 12.1 Å². The molecule has 0 atom stereocenters. The molecule has 0 radical (unpaired) electrons. The van der Waals surface area contributed by atoms with E-state index >= 15 is 0 Å². The summed E-state index contributed by atoms with van der Waals surface area (Å²) in [6.45, 7) is 0. The van der Waals surface area contributed by atoms with Crippen molar-refractivity contribution in [2.24, 2.45) is 14.1 Å². The Kier molecular flexibility index (Phi) is 6.10. The molecule has 1 fully saturated rings. The normalized spacial score (nSPS) is 17.6. The third kappa shape index (κ3) is 4.62. The third-order valence-electron chi connectivity index (χ3n) is 6.92. The molecule has 0 bridgehead atoms. The van der Waals surface area contributed by atoms with Crippen LogP contribution in [-0.4, -0.2) is 40.4 Å². The molecule has 4 heterocycles. The summed E-state index contributed by atoms with van der Waals surface area (Å²) in [4.78, 5) is 16.2. The molecule has 194 valence electrons. The molecule has 10 nitrogen and oxygen atoms in total. The van der Waals surface area contributed by atoms with E-state index in [0.29, 0.717) is 17.4 Å². The number of aromatic nitrogens is 7. The van der Waals surface area contributed by atoms with Gasteiger partial charge < -0.3 is 10.1 Å². The number of nitrogens with one attached hydrogen (secondary N) is 1. The number of benzene rings is 1. The first-order chi connectivity index (χ1) is 18.4. The second-order valence-electron chi connectivity index (χ2n) is 9.57. The number of hydrogen-bond donors (Lipinski definition) is 1. The number of para-hydroxylation sites is 1. The smallest absolute Gasteiger partial charge is 0.266 e. The predicted octanol–water partition coefficient (Wildman–Crippen LogP) is 4.37. The maximum absolute atomic E-state index is 14.3. The van der Waals surface area contributed by atoms with E-state index in [9.17, 15) is 9.18 Å². The number of hydrogen-bond acceptors (Lipinski definition) is 7. The Balaban J connectivity index is 1.29. The van der Waals surface area contributed by atoms with Crippen molar-refractivity contribution in [1.82, 2.24) is 34.3 Å². The molecule has 4 aromatic heterocycles. The van der Waals surface area contributed by atoms with Gasteiger partial charge in [-0.2, -0.15) is 10.2 Å². The van der Waals surface area contributed by atoms with Crippen molar-refractivity contribution in [3.05, 3.63) is 77.2 Å². The van der Waals surface area contributed by atoms with Crippen LogP contribution in [0, 0.1) is 5.82 Å². The molecule has 1 N–H and O–H groups in total. The van der Waals surface area contributed by atoms with Crippen LogP contribution in [0.15, 0.2) is 65.8 Å². The van der Waals surface area contributed by atoms with Gasteiger partial charge in [0.2, 0.25) is 5.88 Å². The van der Waals surface area contributed by atoms with Crippen molar-refractivity contribution in [2.75, 3.05) is 5.32 Å². The molecule has 1 aliphatic carbocycles. The van der Waals surface area contributed by atoms with Crippen LogP contribution >= 0.6 is 0 Å². The van der Waals surface area contributed by atoms with E-state index in [2.05, 4.69) is 25.2 Å². The Morgan fingerprint density at radius 2 is 1.84 bits per heavy atom. The van der Waals surface area contributed by atoms with Crippen molar-refractivity contribution in [3.63, 3.8) is 0 Å². The fourth-order valence-electron chi connectivity index (χ4n) is 4.96. The van der Waals surface area contributed by atoms with E-state index < -0.39 is 0 Å². The van der Waals surface area contributed by atoms with Gasteiger partial charge >= 0.3 is 0 Å². The van der Waals surface area contributed by atoms with Crippen LogP contribution in [0.4, 0.5) is 15.9 Å². The highest BCUT2D eigenvalue weighted by Crippen LogP contribution is 2.36. The Hall–Kier alpha value is -4.54. The Morgan fingerprint density at radius 3 is 2.58 bits per heavy atom. The Labute approximate surface area is 217 Å². The van der Waals surface area contributed by atoms with Crippen LogP contribution in [0.25, 0.3) is 22.2 Å². The molecule has 6 rings (SSSR count). The molecule has 0 saturated heterocycles. The zero-order chi connectivity index (χ0) is 26.2. The van der Waals surface area contributed by atoms with E-state index in [1.54, 1.807) is 48.4 Å². The molecule has 0 aliphatic heterocycles. The lowest BCUT2D eigenvalue weighted by Crippen LogP contribution is -2.27. The molecule has 1 saturated carbocycles. The van der Waals surface area contributed by atoms with Gasteiger partial charge in [-0.3, -0.25) is 14.2 Å². The van der Waals surface area contributed by atoms with Crippen molar-refractivity contribution in [2.45, 2.75) is 37.8 Å². The van der Waals surface area contributed by atoms with E-state index in [-0.39, 0.29) is 23.5 Å². The molecule has 1 aromatic carbocycles. The lowest BCUT2D eigenvalue weighted by molar-refractivity contribution is 0.123. The first-order valence-electron chi connectivity index (χ1n) is 12.5. The molecule has 0 amide bonds. The van der Waals surface area contributed by atoms with Crippen LogP contribution in [0.1, 0.15) is 31.7 Å². The van der Waals surface area contributed by atoms with E-state index in [0.717, 1.165) is 47.8 Å². The van der Waals surface area contributed by atoms with Gasteiger partial charge in [0.25, 0.3) is 5.56 Å². The number of fused-ring (bicyclic) bond motifs is 1.